The minimum atomic E-state index is -1.15. The Balaban J connectivity index is 2.03. The lowest BCUT2D eigenvalue weighted by Gasteiger charge is -2.25. The summed E-state index contributed by atoms with van der Waals surface area (Å²) >= 11 is 1.48. The van der Waals surface area contributed by atoms with E-state index in [-0.39, 0.29) is 13.2 Å². The Morgan fingerprint density at radius 2 is 1.66 bits per heavy atom. The van der Waals surface area contributed by atoms with Crippen LogP contribution in [0.4, 0.5) is 5.13 Å². The summed E-state index contributed by atoms with van der Waals surface area (Å²) in [5, 5.41) is 3.92. The predicted octanol–water partition coefficient (Wildman–Crippen LogP) is 4.50. The van der Waals surface area contributed by atoms with E-state index in [0.29, 0.717) is 5.13 Å². The maximum atomic E-state index is 12.7. The van der Waals surface area contributed by atoms with Crippen molar-refractivity contribution in [3.63, 3.8) is 0 Å². The summed E-state index contributed by atoms with van der Waals surface area (Å²) in [7, 11) is 0. The summed E-state index contributed by atoms with van der Waals surface area (Å²) in [5.41, 5.74) is 2.74. The van der Waals surface area contributed by atoms with E-state index in [1.165, 1.54) is 11.3 Å². The van der Waals surface area contributed by atoms with Crippen LogP contribution >= 0.6 is 11.3 Å². The van der Waals surface area contributed by atoms with E-state index in [9.17, 15) is 9.59 Å². The third-order valence-corrected chi connectivity index (χ3v) is 5.42. The number of hydrogen-bond acceptors (Lipinski definition) is 7. The number of anilines is 1. The first-order chi connectivity index (χ1) is 14.0. The normalized spacial score (nSPS) is 12.0. The minimum Gasteiger partial charge on any atom is -0.465 e. The molecule has 0 fully saturated rings. The van der Waals surface area contributed by atoms with Gasteiger partial charge in [0.2, 0.25) is 0 Å². The number of nitrogens with one attached hydrogen (secondary N) is 1. The van der Waals surface area contributed by atoms with Crippen molar-refractivity contribution in [3.8, 4) is 0 Å². The molecule has 6 nitrogen and oxygen atoms in total. The predicted molar refractivity (Wildman–Crippen MR) is 114 cm³/mol. The van der Waals surface area contributed by atoms with Gasteiger partial charge >= 0.3 is 11.9 Å². The molecule has 0 amide bonds. The summed E-state index contributed by atoms with van der Waals surface area (Å²) in [6.45, 7) is 5.77. The molecule has 2 aromatic carbocycles. The molecule has 0 aliphatic carbocycles. The van der Waals surface area contributed by atoms with Crippen LogP contribution in [0.25, 0.3) is 10.2 Å². The number of esters is 2. The number of hydrogen-bond donors (Lipinski definition) is 1. The van der Waals surface area contributed by atoms with Crippen LogP contribution in [-0.2, 0) is 19.1 Å². The number of fused-ring (bicyclic) bond motifs is 1. The number of para-hydroxylation sites is 1. The van der Waals surface area contributed by atoms with Crippen LogP contribution in [0, 0.1) is 12.8 Å². The molecule has 0 saturated heterocycles. The van der Waals surface area contributed by atoms with Crippen molar-refractivity contribution < 1.29 is 19.1 Å². The number of nitrogens with zero attached hydrogens (tertiary/aromatic N) is 1. The van der Waals surface area contributed by atoms with E-state index in [0.717, 1.165) is 21.3 Å². The third-order valence-electron chi connectivity index (χ3n) is 4.47. The Bertz CT molecular complexity index is 969. The van der Waals surface area contributed by atoms with Crippen LogP contribution in [0.2, 0.25) is 0 Å². The summed E-state index contributed by atoms with van der Waals surface area (Å²) in [6.07, 6.45) is 0. The SMILES string of the molecule is CCOC(=O)C(C(=O)OCC)C(Nc1nc2c(C)cccc2s1)c1ccccc1. The van der Waals surface area contributed by atoms with Crippen molar-refractivity contribution >= 4 is 38.6 Å². The molecule has 3 aromatic rings. The Labute approximate surface area is 173 Å². The van der Waals surface area contributed by atoms with E-state index in [4.69, 9.17) is 9.47 Å². The smallest absolute Gasteiger partial charge is 0.322 e. The molecular weight excluding hydrogens is 388 g/mol. The second-order valence-corrected chi connectivity index (χ2v) is 7.49. The topological polar surface area (TPSA) is 77.5 Å². The number of carbonyl (C=O) groups excluding carboxylic acids is 2. The molecule has 7 heteroatoms. The van der Waals surface area contributed by atoms with Gasteiger partial charge in [0, 0.05) is 0 Å². The third kappa shape index (κ3) is 4.74. The number of benzene rings is 2. The average molecular weight is 413 g/mol. The van der Waals surface area contributed by atoms with E-state index in [2.05, 4.69) is 10.3 Å². The summed E-state index contributed by atoms with van der Waals surface area (Å²) in [4.78, 5) is 30.1. The van der Waals surface area contributed by atoms with Gasteiger partial charge in [0.25, 0.3) is 0 Å². The number of thiazole rings is 1. The lowest BCUT2D eigenvalue weighted by molar-refractivity contribution is -0.162. The second kappa shape index (κ2) is 9.52. The number of ether oxygens (including phenoxy) is 2. The lowest BCUT2D eigenvalue weighted by Crippen LogP contribution is -2.36. The fourth-order valence-electron chi connectivity index (χ4n) is 3.13. The molecule has 29 heavy (non-hydrogen) atoms. The molecule has 1 heterocycles. The van der Waals surface area contributed by atoms with Crippen LogP contribution in [0.15, 0.2) is 48.5 Å². The molecule has 0 bridgehead atoms. The Morgan fingerprint density at radius 1 is 1.00 bits per heavy atom. The number of aryl methyl sites for hydroxylation is 1. The van der Waals surface area contributed by atoms with E-state index in [1.807, 2.05) is 55.5 Å². The number of rotatable bonds is 8. The standard InChI is InChI=1S/C22H24N2O4S/c1-4-27-20(25)17(21(26)28-5-2)19(15-11-7-6-8-12-15)24-22-23-18-14(3)10-9-13-16(18)29-22/h6-13,17,19H,4-5H2,1-3H3,(H,23,24). The first-order valence-corrected chi connectivity index (χ1v) is 10.4. The van der Waals surface area contributed by atoms with Crippen LogP contribution < -0.4 is 5.32 Å². The molecule has 1 atom stereocenters. The van der Waals surface area contributed by atoms with E-state index < -0.39 is 23.9 Å². The van der Waals surface area contributed by atoms with Crippen LogP contribution in [0.5, 0.6) is 0 Å². The van der Waals surface area contributed by atoms with Gasteiger partial charge < -0.3 is 14.8 Å². The van der Waals surface area contributed by atoms with Crippen molar-refractivity contribution in [2.45, 2.75) is 26.8 Å². The zero-order valence-corrected chi connectivity index (χ0v) is 17.5. The van der Waals surface area contributed by atoms with Gasteiger partial charge in [-0.05, 0) is 38.0 Å². The second-order valence-electron chi connectivity index (χ2n) is 6.46. The van der Waals surface area contributed by atoms with Crippen molar-refractivity contribution in [1.82, 2.24) is 4.98 Å². The van der Waals surface area contributed by atoms with Crippen LogP contribution in [0.3, 0.4) is 0 Å². The molecule has 0 aliphatic heterocycles. The van der Waals surface area contributed by atoms with Gasteiger partial charge in [-0.1, -0.05) is 53.8 Å². The number of carbonyl (C=O) groups is 2. The zero-order chi connectivity index (χ0) is 20.8. The van der Waals surface area contributed by atoms with Gasteiger partial charge in [-0.3, -0.25) is 9.59 Å². The largest absolute Gasteiger partial charge is 0.465 e. The summed E-state index contributed by atoms with van der Waals surface area (Å²) < 4.78 is 11.4. The van der Waals surface area contributed by atoms with Crippen molar-refractivity contribution in [1.29, 1.82) is 0 Å². The Hall–Kier alpha value is -2.93. The molecule has 1 aromatic heterocycles. The molecule has 152 valence electrons. The molecule has 1 unspecified atom stereocenters. The van der Waals surface area contributed by atoms with Crippen molar-refractivity contribution in [2.75, 3.05) is 18.5 Å². The van der Waals surface area contributed by atoms with E-state index >= 15 is 0 Å². The van der Waals surface area contributed by atoms with Gasteiger partial charge in [0.15, 0.2) is 11.0 Å². The van der Waals surface area contributed by atoms with Crippen LogP contribution in [-0.4, -0.2) is 30.1 Å². The van der Waals surface area contributed by atoms with Crippen molar-refractivity contribution in [3.05, 3.63) is 59.7 Å². The Kier molecular flexibility index (Phi) is 6.82. The highest BCUT2D eigenvalue weighted by Crippen LogP contribution is 2.34. The van der Waals surface area contributed by atoms with Gasteiger partial charge in [-0.25, -0.2) is 4.98 Å². The van der Waals surface area contributed by atoms with Crippen molar-refractivity contribution in [2.24, 2.45) is 5.92 Å². The number of aromatic nitrogens is 1. The van der Waals surface area contributed by atoms with Crippen LogP contribution in [0.1, 0.15) is 31.0 Å². The molecule has 3 rings (SSSR count). The summed E-state index contributed by atoms with van der Waals surface area (Å²) in [6, 6.07) is 14.6. The fourth-order valence-corrected chi connectivity index (χ4v) is 4.11. The monoisotopic (exact) mass is 412 g/mol. The van der Waals surface area contributed by atoms with Gasteiger partial charge in [-0.15, -0.1) is 0 Å². The molecule has 0 saturated carbocycles. The minimum absolute atomic E-state index is 0.177. The quantitative estimate of drug-likeness (QED) is 0.434. The highest BCUT2D eigenvalue weighted by Gasteiger charge is 2.39. The highest BCUT2D eigenvalue weighted by molar-refractivity contribution is 7.22. The average Bonchev–Trinajstić information content (AvgIpc) is 3.13. The molecule has 0 spiro atoms. The highest BCUT2D eigenvalue weighted by atomic mass is 32.1. The van der Waals surface area contributed by atoms with Gasteiger partial charge in [0.1, 0.15) is 0 Å². The Morgan fingerprint density at radius 3 is 2.24 bits per heavy atom. The fraction of sp³-hybridized carbons (Fsp3) is 0.318. The molecule has 1 N–H and O–H groups in total. The maximum absolute atomic E-state index is 12.7. The van der Waals surface area contributed by atoms with Gasteiger partial charge in [-0.2, -0.15) is 0 Å². The summed E-state index contributed by atoms with van der Waals surface area (Å²) in [5.74, 6) is -2.39. The lowest BCUT2D eigenvalue weighted by atomic mass is 9.93. The molecule has 0 aliphatic rings. The zero-order valence-electron chi connectivity index (χ0n) is 16.7. The van der Waals surface area contributed by atoms with E-state index in [1.54, 1.807) is 13.8 Å². The first-order valence-electron chi connectivity index (χ1n) is 9.56. The molecule has 0 radical (unpaired) electrons. The molecular formula is C22H24N2O4S. The van der Waals surface area contributed by atoms with Gasteiger partial charge in [0.05, 0.1) is 29.5 Å². The maximum Gasteiger partial charge on any atom is 0.322 e. The first kappa shape index (κ1) is 20.8.